The quantitative estimate of drug-likeness (QED) is 0.356. The van der Waals surface area contributed by atoms with Gasteiger partial charge in [-0.1, -0.05) is 6.92 Å². The van der Waals surface area contributed by atoms with E-state index < -0.39 is 0 Å². The lowest BCUT2D eigenvalue weighted by Gasteiger charge is -2.17. The fourth-order valence-electron chi connectivity index (χ4n) is 0.803. The molecule has 0 aromatic rings. The van der Waals surface area contributed by atoms with Crippen LogP contribution in [0, 0.1) is 18.3 Å². The first-order valence-electron chi connectivity index (χ1n) is 3.48. The third-order valence-corrected chi connectivity index (χ3v) is 1.95. The molecule has 0 aliphatic rings. The van der Waals surface area contributed by atoms with Gasteiger partial charge in [-0.05, 0) is 5.92 Å². The summed E-state index contributed by atoms with van der Waals surface area (Å²) in [6.07, 6.45) is 7.03. The highest BCUT2D eigenvalue weighted by Gasteiger charge is 2.14. The highest BCUT2D eigenvalue weighted by molar-refractivity contribution is 7.09. The SMILES string of the molecule is C#CCC(OP)C(C)CC=O. The minimum absolute atomic E-state index is 0.0183. The van der Waals surface area contributed by atoms with Crippen molar-refractivity contribution in [3.63, 3.8) is 0 Å². The molecule has 0 N–H and O–H groups in total. The molecule has 0 bridgehead atoms. The molecule has 0 aromatic heterocycles. The van der Waals surface area contributed by atoms with Crippen molar-refractivity contribution in [3.8, 4) is 12.3 Å². The number of aldehydes is 1. The van der Waals surface area contributed by atoms with Gasteiger partial charge in [-0.2, -0.15) is 0 Å². The van der Waals surface area contributed by atoms with Crippen LogP contribution in [0.25, 0.3) is 0 Å². The molecule has 3 atom stereocenters. The Kier molecular flexibility index (Phi) is 6.12. The average molecular weight is 172 g/mol. The lowest BCUT2D eigenvalue weighted by molar-refractivity contribution is -0.109. The standard InChI is InChI=1S/C8H13O2P/c1-3-4-8(10-11)7(2)5-6-9/h1,6-8H,4-5,11H2,2H3. The Labute approximate surface area is 70.0 Å². The molecule has 0 saturated carbocycles. The normalized spacial score (nSPS) is 15.0. The maximum Gasteiger partial charge on any atom is 0.120 e. The van der Waals surface area contributed by atoms with Crippen molar-refractivity contribution < 1.29 is 9.32 Å². The van der Waals surface area contributed by atoms with Crippen molar-refractivity contribution in [2.45, 2.75) is 25.9 Å². The van der Waals surface area contributed by atoms with Gasteiger partial charge in [0.2, 0.25) is 0 Å². The van der Waals surface area contributed by atoms with Gasteiger partial charge in [-0.15, -0.1) is 12.3 Å². The molecular weight excluding hydrogens is 159 g/mol. The molecule has 0 aliphatic carbocycles. The first-order valence-corrected chi connectivity index (χ1v) is 3.96. The summed E-state index contributed by atoms with van der Waals surface area (Å²) < 4.78 is 5.02. The molecular formula is C8H13O2P. The second kappa shape index (κ2) is 6.34. The molecule has 0 spiro atoms. The minimum atomic E-state index is -0.0183. The number of rotatable bonds is 5. The van der Waals surface area contributed by atoms with Gasteiger partial charge in [0.15, 0.2) is 0 Å². The van der Waals surface area contributed by atoms with Gasteiger partial charge < -0.3 is 9.32 Å². The van der Waals surface area contributed by atoms with E-state index in [1.165, 1.54) is 0 Å². The summed E-state index contributed by atoms with van der Waals surface area (Å²) in [5.41, 5.74) is 0. The second-order valence-electron chi connectivity index (χ2n) is 2.46. The Bertz CT molecular complexity index is 151. The van der Waals surface area contributed by atoms with Crippen LogP contribution in [0.5, 0.6) is 0 Å². The molecule has 0 rings (SSSR count). The smallest absolute Gasteiger partial charge is 0.120 e. The number of hydrogen-bond donors (Lipinski definition) is 0. The summed E-state index contributed by atoms with van der Waals surface area (Å²) in [4.78, 5) is 10.1. The van der Waals surface area contributed by atoms with Crippen molar-refractivity contribution in [2.75, 3.05) is 0 Å². The van der Waals surface area contributed by atoms with Crippen molar-refractivity contribution >= 4 is 15.8 Å². The molecule has 0 radical (unpaired) electrons. The van der Waals surface area contributed by atoms with Crippen LogP contribution < -0.4 is 0 Å². The molecule has 0 saturated heterocycles. The van der Waals surface area contributed by atoms with E-state index in [0.29, 0.717) is 12.8 Å². The maximum absolute atomic E-state index is 10.1. The monoisotopic (exact) mass is 172 g/mol. The summed E-state index contributed by atoms with van der Waals surface area (Å²) >= 11 is 0. The Morgan fingerprint density at radius 2 is 2.45 bits per heavy atom. The first kappa shape index (κ1) is 10.6. The summed E-state index contributed by atoms with van der Waals surface area (Å²) in [6, 6.07) is 0. The Balaban J connectivity index is 3.82. The molecule has 0 aliphatic heterocycles. The summed E-state index contributed by atoms with van der Waals surface area (Å²) in [5, 5.41) is 0. The largest absolute Gasteiger partial charge is 0.361 e. The van der Waals surface area contributed by atoms with Crippen LogP contribution in [0.2, 0.25) is 0 Å². The molecule has 3 unspecified atom stereocenters. The van der Waals surface area contributed by atoms with E-state index in [1.54, 1.807) is 0 Å². The predicted molar refractivity (Wildman–Crippen MR) is 47.9 cm³/mol. The fraction of sp³-hybridized carbons (Fsp3) is 0.625. The number of hydrogen-bond acceptors (Lipinski definition) is 2. The van der Waals surface area contributed by atoms with Crippen LogP contribution in [-0.2, 0) is 9.32 Å². The van der Waals surface area contributed by atoms with Gasteiger partial charge in [0, 0.05) is 22.3 Å². The molecule has 3 heteroatoms. The van der Waals surface area contributed by atoms with Gasteiger partial charge in [0.05, 0.1) is 6.10 Å². The lowest BCUT2D eigenvalue weighted by Crippen LogP contribution is -2.17. The summed E-state index contributed by atoms with van der Waals surface area (Å²) in [7, 11) is 2.18. The van der Waals surface area contributed by atoms with Crippen LogP contribution in [0.3, 0.4) is 0 Å². The van der Waals surface area contributed by atoms with E-state index in [4.69, 9.17) is 10.9 Å². The van der Waals surface area contributed by atoms with Crippen LogP contribution in [-0.4, -0.2) is 12.4 Å². The molecule has 0 aromatic carbocycles. The number of carbonyl (C=O) groups is 1. The number of terminal acetylenes is 1. The summed E-state index contributed by atoms with van der Waals surface area (Å²) in [6.45, 7) is 1.94. The molecule has 0 fully saturated rings. The van der Waals surface area contributed by atoms with Gasteiger partial charge >= 0.3 is 0 Å². The zero-order valence-corrected chi connectivity index (χ0v) is 7.77. The Hall–Kier alpha value is -0.380. The fourth-order valence-corrected chi connectivity index (χ4v) is 1.17. The number of carbonyl (C=O) groups excluding carboxylic acids is 1. The van der Waals surface area contributed by atoms with Gasteiger partial charge in [-0.3, -0.25) is 0 Å². The van der Waals surface area contributed by atoms with E-state index in [2.05, 4.69) is 15.4 Å². The second-order valence-corrected chi connectivity index (χ2v) is 2.73. The van der Waals surface area contributed by atoms with Crippen LogP contribution in [0.15, 0.2) is 0 Å². The maximum atomic E-state index is 10.1. The van der Waals surface area contributed by atoms with Crippen molar-refractivity contribution in [2.24, 2.45) is 5.92 Å². The highest BCUT2D eigenvalue weighted by atomic mass is 31.0. The zero-order valence-electron chi connectivity index (χ0n) is 6.62. The zero-order chi connectivity index (χ0) is 8.69. The molecule has 11 heavy (non-hydrogen) atoms. The van der Waals surface area contributed by atoms with Crippen molar-refractivity contribution in [1.29, 1.82) is 0 Å². The molecule has 0 amide bonds. The van der Waals surface area contributed by atoms with Crippen molar-refractivity contribution in [1.82, 2.24) is 0 Å². The average Bonchev–Trinajstić information content (AvgIpc) is 2.00. The highest BCUT2D eigenvalue weighted by Crippen LogP contribution is 2.15. The molecule has 2 nitrogen and oxygen atoms in total. The van der Waals surface area contributed by atoms with Gasteiger partial charge in [0.1, 0.15) is 6.29 Å². The van der Waals surface area contributed by atoms with E-state index in [-0.39, 0.29) is 12.0 Å². The van der Waals surface area contributed by atoms with E-state index in [1.807, 2.05) is 6.92 Å². The van der Waals surface area contributed by atoms with Crippen LogP contribution >= 0.6 is 9.47 Å². The third-order valence-electron chi connectivity index (χ3n) is 1.60. The van der Waals surface area contributed by atoms with Gasteiger partial charge in [-0.25, -0.2) is 0 Å². The summed E-state index contributed by atoms with van der Waals surface area (Å²) in [5.74, 6) is 2.70. The van der Waals surface area contributed by atoms with Gasteiger partial charge in [0.25, 0.3) is 0 Å². The van der Waals surface area contributed by atoms with E-state index in [9.17, 15) is 4.79 Å². The molecule has 62 valence electrons. The van der Waals surface area contributed by atoms with Crippen molar-refractivity contribution in [3.05, 3.63) is 0 Å². The van der Waals surface area contributed by atoms with E-state index in [0.717, 1.165) is 6.29 Å². The van der Waals surface area contributed by atoms with E-state index >= 15 is 0 Å². The molecule has 0 heterocycles. The Morgan fingerprint density at radius 1 is 1.82 bits per heavy atom. The first-order chi connectivity index (χ1) is 5.26. The third kappa shape index (κ3) is 4.14. The Morgan fingerprint density at radius 3 is 2.82 bits per heavy atom. The predicted octanol–water partition coefficient (Wildman–Crippen LogP) is 1.41. The lowest BCUT2D eigenvalue weighted by atomic mass is 10.00. The minimum Gasteiger partial charge on any atom is -0.361 e. The van der Waals surface area contributed by atoms with Crippen LogP contribution in [0.1, 0.15) is 19.8 Å². The van der Waals surface area contributed by atoms with Crippen LogP contribution in [0.4, 0.5) is 0 Å². The topological polar surface area (TPSA) is 26.3 Å².